The quantitative estimate of drug-likeness (QED) is 0.176. The second-order valence-corrected chi connectivity index (χ2v) is 12.9. The Morgan fingerprint density at radius 2 is 1.29 bits per heavy atom. The first kappa shape index (κ1) is 52.2. The lowest BCUT2D eigenvalue weighted by Gasteiger charge is -2.28. The number of nitrogens with two attached hydrogens (primary N) is 1. The number of allylic oxidation sites excluding steroid dienone is 1. The molecule has 48 heavy (non-hydrogen) atoms. The SMILES string of the molecule is C=C.C=CC(C)=NC.CC.CC(CCN)c1ccccc1F.CCCC(C)(F)F.CCCC(CCC)c1ccc(C(C)C(C)(C)C)cc1. The molecule has 0 aliphatic heterocycles. The standard InChI is InChI=1S/C19H32.C10H14FN.C5H10F2.C5H9N.C2H6.C2H4/c1-7-9-17(10-8-2)18-13-11-16(12-14-18)15(3)19(4,5)6;1-8(6-7-12)9-4-2-3-5-10(9)11;1-3-4-5(2,6)7;1-4-5(2)6-3;2*1-2/h11-15,17H,7-10H2,1-6H3;2-5,8H,6-7,12H2,1H3;3-4H2,1-2H3;4H,1H2,2-3H3;1-2H3;1-2H2. The smallest absolute Gasteiger partial charge is 0.245 e. The third-order valence-electron chi connectivity index (χ3n) is 7.85. The van der Waals surface area contributed by atoms with Crippen molar-refractivity contribution in [3.63, 3.8) is 0 Å². The monoisotopic (exact) mass is 677 g/mol. The predicted octanol–water partition coefficient (Wildman–Crippen LogP) is 14.3. The van der Waals surface area contributed by atoms with E-state index in [1.807, 2.05) is 39.8 Å². The second-order valence-electron chi connectivity index (χ2n) is 12.9. The van der Waals surface area contributed by atoms with Crippen LogP contribution in [0.15, 0.2) is 79.3 Å². The highest BCUT2D eigenvalue weighted by molar-refractivity contribution is 5.92. The topological polar surface area (TPSA) is 38.4 Å². The molecule has 2 aromatic carbocycles. The molecule has 2 unspecified atom stereocenters. The highest BCUT2D eigenvalue weighted by Crippen LogP contribution is 2.35. The minimum absolute atomic E-state index is 0.00694. The van der Waals surface area contributed by atoms with E-state index in [9.17, 15) is 13.2 Å². The van der Waals surface area contributed by atoms with Crippen LogP contribution in [0.4, 0.5) is 13.2 Å². The molecule has 0 amide bonds. The minimum Gasteiger partial charge on any atom is -0.330 e. The van der Waals surface area contributed by atoms with Crippen molar-refractivity contribution >= 4 is 5.71 Å². The zero-order valence-corrected chi connectivity index (χ0v) is 33.4. The van der Waals surface area contributed by atoms with Crippen molar-refractivity contribution in [2.45, 2.75) is 152 Å². The number of hydrogen-bond donors (Lipinski definition) is 1. The maximum absolute atomic E-state index is 13.1. The molecule has 0 heterocycles. The molecule has 0 saturated heterocycles. The number of nitrogens with zero attached hydrogens (tertiary/aromatic N) is 1. The summed E-state index contributed by atoms with van der Waals surface area (Å²) in [6.45, 7) is 34.6. The van der Waals surface area contributed by atoms with Gasteiger partial charge in [-0.15, -0.1) is 13.2 Å². The average molecular weight is 677 g/mol. The molecule has 2 nitrogen and oxygen atoms in total. The Hall–Kier alpha value is -2.66. The first-order valence-corrected chi connectivity index (χ1v) is 18.0. The van der Waals surface area contributed by atoms with Gasteiger partial charge in [-0.1, -0.05) is 138 Å². The Bertz CT molecular complexity index is 1030. The summed E-state index contributed by atoms with van der Waals surface area (Å²) >= 11 is 0. The van der Waals surface area contributed by atoms with E-state index in [0.717, 1.165) is 30.5 Å². The normalized spacial score (nSPS) is 12.1. The summed E-state index contributed by atoms with van der Waals surface area (Å²) < 4.78 is 36.6. The number of benzene rings is 2. The average Bonchev–Trinajstić information content (AvgIpc) is 3.06. The maximum atomic E-state index is 13.1. The van der Waals surface area contributed by atoms with E-state index in [1.54, 1.807) is 26.1 Å². The van der Waals surface area contributed by atoms with Crippen LogP contribution >= 0.6 is 0 Å². The lowest BCUT2D eigenvalue weighted by Crippen LogP contribution is -2.15. The van der Waals surface area contributed by atoms with Gasteiger partial charge in [0.1, 0.15) is 5.82 Å². The van der Waals surface area contributed by atoms with Crippen LogP contribution in [0.1, 0.15) is 162 Å². The molecular weight excluding hydrogens is 601 g/mol. The fourth-order valence-electron chi connectivity index (χ4n) is 4.54. The van der Waals surface area contributed by atoms with E-state index in [4.69, 9.17) is 5.73 Å². The van der Waals surface area contributed by atoms with Crippen LogP contribution < -0.4 is 5.73 Å². The zero-order valence-electron chi connectivity index (χ0n) is 33.4. The van der Waals surface area contributed by atoms with Gasteiger partial charge in [-0.05, 0) is 91.7 Å². The summed E-state index contributed by atoms with van der Waals surface area (Å²) in [5.74, 6) is -0.990. The fraction of sp³-hybridized carbons (Fsp3) is 0.605. The van der Waals surface area contributed by atoms with Crippen molar-refractivity contribution in [1.82, 2.24) is 0 Å². The van der Waals surface area contributed by atoms with E-state index in [0.29, 0.717) is 24.3 Å². The number of hydrogen-bond acceptors (Lipinski definition) is 2. The van der Waals surface area contributed by atoms with Gasteiger partial charge < -0.3 is 5.73 Å². The molecule has 2 aromatic rings. The van der Waals surface area contributed by atoms with Crippen molar-refractivity contribution < 1.29 is 13.2 Å². The van der Waals surface area contributed by atoms with Crippen LogP contribution in [-0.4, -0.2) is 25.2 Å². The van der Waals surface area contributed by atoms with E-state index in [2.05, 4.69) is 90.5 Å². The molecule has 5 heteroatoms. The van der Waals surface area contributed by atoms with Crippen molar-refractivity contribution in [3.8, 4) is 0 Å². The van der Waals surface area contributed by atoms with Gasteiger partial charge in [-0.2, -0.15) is 0 Å². The van der Waals surface area contributed by atoms with E-state index in [-0.39, 0.29) is 18.2 Å². The summed E-state index contributed by atoms with van der Waals surface area (Å²) in [6, 6.07) is 16.3. The van der Waals surface area contributed by atoms with Crippen molar-refractivity contribution in [1.29, 1.82) is 0 Å². The third kappa shape index (κ3) is 27.3. The lowest BCUT2D eigenvalue weighted by atomic mass is 9.77. The molecule has 2 rings (SSSR count). The maximum Gasteiger partial charge on any atom is 0.245 e. The highest BCUT2D eigenvalue weighted by Gasteiger charge is 2.22. The molecule has 2 atom stereocenters. The van der Waals surface area contributed by atoms with Crippen LogP contribution in [0, 0.1) is 11.2 Å². The van der Waals surface area contributed by atoms with Crippen molar-refractivity contribution in [2.24, 2.45) is 16.1 Å². The van der Waals surface area contributed by atoms with Gasteiger partial charge in [0.2, 0.25) is 5.92 Å². The van der Waals surface area contributed by atoms with Gasteiger partial charge in [0, 0.05) is 19.2 Å². The summed E-state index contributed by atoms with van der Waals surface area (Å²) in [7, 11) is 1.75. The molecule has 0 fully saturated rings. The highest BCUT2D eigenvalue weighted by atomic mass is 19.3. The molecule has 2 N–H and O–H groups in total. The Balaban J connectivity index is -0.000000285. The van der Waals surface area contributed by atoms with E-state index >= 15 is 0 Å². The zero-order chi connectivity index (χ0) is 38.3. The molecule has 0 aliphatic rings. The minimum atomic E-state index is -2.45. The van der Waals surface area contributed by atoms with E-state index in [1.165, 1.54) is 42.9 Å². The van der Waals surface area contributed by atoms with Gasteiger partial charge in [-0.25, -0.2) is 13.2 Å². The van der Waals surface area contributed by atoms with Gasteiger partial charge >= 0.3 is 0 Å². The number of aliphatic imine (C=N–C) groups is 1. The molecule has 0 aromatic heterocycles. The number of rotatable bonds is 12. The second kappa shape index (κ2) is 31.6. The third-order valence-corrected chi connectivity index (χ3v) is 7.85. The van der Waals surface area contributed by atoms with Gasteiger partial charge in [0.15, 0.2) is 0 Å². The summed E-state index contributed by atoms with van der Waals surface area (Å²) in [5, 5.41) is 0. The Labute approximate surface area is 296 Å². The predicted molar refractivity (Wildman–Crippen MR) is 213 cm³/mol. The molecule has 0 bridgehead atoms. The van der Waals surface area contributed by atoms with Crippen molar-refractivity contribution in [2.75, 3.05) is 13.6 Å². The van der Waals surface area contributed by atoms with Crippen molar-refractivity contribution in [3.05, 3.63) is 96.9 Å². The molecular formula is C43H75F3N2. The van der Waals surface area contributed by atoms with Crippen LogP contribution in [0.25, 0.3) is 0 Å². The molecule has 0 radical (unpaired) electrons. The Morgan fingerprint density at radius 1 is 0.833 bits per heavy atom. The Kier molecular flexibility index (Phi) is 34.3. The van der Waals surface area contributed by atoms with Crippen LogP contribution in [0.5, 0.6) is 0 Å². The largest absolute Gasteiger partial charge is 0.330 e. The molecule has 0 spiro atoms. The number of halogens is 3. The van der Waals surface area contributed by atoms with Gasteiger partial charge in [0.05, 0.1) is 0 Å². The lowest BCUT2D eigenvalue weighted by molar-refractivity contribution is 0.0123. The Morgan fingerprint density at radius 3 is 1.58 bits per heavy atom. The summed E-state index contributed by atoms with van der Waals surface area (Å²) in [6.07, 6.45) is 8.33. The van der Waals surface area contributed by atoms with Crippen LogP contribution in [-0.2, 0) is 0 Å². The molecule has 0 saturated carbocycles. The first-order valence-electron chi connectivity index (χ1n) is 18.0. The van der Waals surface area contributed by atoms with Crippen LogP contribution in [0.2, 0.25) is 0 Å². The molecule has 278 valence electrons. The first-order chi connectivity index (χ1) is 22.5. The fourth-order valence-corrected chi connectivity index (χ4v) is 4.54. The van der Waals surface area contributed by atoms with Gasteiger partial charge in [0.25, 0.3) is 0 Å². The van der Waals surface area contributed by atoms with Gasteiger partial charge in [-0.3, -0.25) is 4.99 Å². The van der Waals surface area contributed by atoms with E-state index < -0.39 is 5.92 Å². The van der Waals surface area contributed by atoms with Crippen LogP contribution in [0.3, 0.4) is 0 Å². The summed E-state index contributed by atoms with van der Waals surface area (Å²) in [5.41, 5.74) is 10.5. The summed E-state index contributed by atoms with van der Waals surface area (Å²) in [4.78, 5) is 3.81. The molecule has 0 aliphatic carbocycles. The number of alkyl halides is 2.